The maximum absolute atomic E-state index is 12.3. The minimum absolute atomic E-state index is 0.129. The minimum atomic E-state index is -0.129. The largest absolute Gasteiger partial charge is 0.287 e. The summed E-state index contributed by atoms with van der Waals surface area (Å²) in [6.07, 6.45) is 4.36. The minimum Gasteiger partial charge on any atom is -0.287 e. The predicted octanol–water partition coefficient (Wildman–Crippen LogP) is 2.30. The molecule has 0 saturated heterocycles. The van der Waals surface area contributed by atoms with E-state index < -0.39 is 0 Å². The first-order valence-electron chi connectivity index (χ1n) is 5.25. The number of thioether (sulfide) groups is 1. The molecule has 0 unspecified atom stereocenters. The molecule has 2 rings (SSSR count). The highest BCUT2D eigenvalue weighted by molar-refractivity contribution is 8.13. The first-order valence-corrected chi connectivity index (χ1v) is 6.85. The molecule has 1 aromatic rings. The zero-order valence-corrected chi connectivity index (χ0v) is 11.0. The van der Waals surface area contributed by atoms with Crippen LogP contribution >= 0.6 is 23.4 Å². The molecule has 1 amide bonds. The van der Waals surface area contributed by atoms with E-state index in [2.05, 4.69) is 9.98 Å². The molecule has 1 aromatic heterocycles. The van der Waals surface area contributed by atoms with Crippen LogP contribution in [0.2, 0.25) is 5.15 Å². The Labute approximate surface area is 109 Å². The Balaban J connectivity index is 2.29. The first kappa shape index (κ1) is 12.4. The van der Waals surface area contributed by atoms with E-state index in [4.69, 9.17) is 11.6 Å². The van der Waals surface area contributed by atoms with Gasteiger partial charge in [0, 0.05) is 19.3 Å². The number of hydrogen-bond acceptors (Lipinski definition) is 4. The van der Waals surface area contributed by atoms with Crippen LogP contribution in [-0.4, -0.2) is 40.3 Å². The quantitative estimate of drug-likeness (QED) is 0.735. The molecule has 0 radical (unpaired) electrons. The van der Waals surface area contributed by atoms with Crippen molar-refractivity contribution in [2.75, 3.05) is 19.3 Å². The maximum Gasteiger partial charge on any atom is 0.262 e. The molecule has 0 N–H and O–H groups in total. The van der Waals surface area contributed by atoms with E-state index in [-0.39, 0.29) is 11.1 Å². The van der Waals surface area contributed by atoms with Crippen LogP contribution in [0.25, 0.3) is 0 Å². The van der Waals surface area contributed by atoms with Crippen molar-refractivity contribution >= 4 is 34.4 Å². The summed E-state index contributed by atoms with van der Waals surface area (Å²) in [5.41, 5.74) is 0.429. The Kier molecular flexibility index (Phi) is 4.02. The SMILES string of the molecule is CSC1=NCCCN1C(=O)c1cccnc1Cl. The van der Waals surface area contributed by atoms with Crippen LogP contribution in [0.4, 0.5) is 0 Å². The summed E-state index contributed by atoms with van der Waals surface area (Å²) in [4.78, 5) is 22.2. The van der Waals surface area contributed by atoms with E-state index in [1.54, 1.807) is 23.2 Å². The van der Waals surface area contributed by atoms with Gasteiger partial charge in [0.2, 0.25) is 0 Å². The summed E-state index contributed by atoms with van der Waals surface area (Å²) < 4.78 is 0. The summed E-state index contributed by atoms with van der Waals surface area (Å²) in [6, 6.07) is 3.39. The number of aromatic nitrogens is 1. The number of pyridine rings is 1. The van der Waals surface area contributed by atoms with Gasteiger partial charge in [-0.15, -0.1) is 0 Å². The van der Waals surface area contributed by atoms with Crippen molar-refractivity contribution in [3.05, 3.63) is 29.0 Å². The number of halogens is 1. The topological polar surface area (TPSA) is 45.6 Å². The van der Waals surface area contributed by atoms with E-state index in [1.807, 2.05) is 6.26 Å². The number of aliphatic imine (C=N–C) groups is 1. The van der Waals surface area contributed by atoms with Crippen molar-refractivity contribution in [2.24, 2.45) is 4.99 Å². The van der Waals surface area contributed by atoms with Crippen LogP contribution < -0.4 is 0 Å². The molecule has 2 heterocycles. The molecular formula is C11H12ClN3OS. The fraction of sp³-hybridized carbons (Fsp3) is 0.364. The second kappa shape index (κ2) is 5.51. The molecule has 90 valence electrons. The Hall–Kier alpha value is -1.07. The number of carbonyl (C=O) groups is 1. The van der Waals surface area contributed by atoms with Crippen LogP contribution in [-0.2, 0) is 0 Å². The second-order valence-electron chi connectivity index (χ2n) is 3.52. The van der Waals surface area contributed by atoms with Gasteiger partial charge in [-0.3, -0.25) is 14.7 Å². The van der Waals surface area contributed by atoms with Crippen molar-refractivity contribution in [1.29, 1.82) is 0 Å². The fourth-order valence-electron chi connectivity index (χ4n) is 1.64. The van der Waals surface area contributed by atoms with Gasteiger partial charge in [0.15, 0.2) is 5.17 Å². The fourth-order valence-corrected chi connectivity index (χ4v) is 2.45. The van der Waals surface area contributed by atoms with E-state index in [0.717, 1.165) is 18.1 Å². The molecule has 0 aliphatic carbocycles. The Morgan fingerprint density at radius 2 is 2.41 bits per heavy atom. The van der Waals surface area contributed by atoms with Gasteiger partial charge in [0.25, 0.3) is 5.91 Å². The highest BCUT2D eigenvalue weighted by Crippen LogP contribution is 2.19. The number of rotatable bonds is 1. The molecule has 0 saturated carbocycles. The van der Waals surface area contributed by atoms with Crippen molar-refractivity contribution in [3.8, 4) is 0 Å². The smallest absolute Gasteiger partial charge is 0.262 e. The molecule has 0 bridgehead atoms. The zero-order valence-electron chi connectivity index (χ0n) is 9.39. The molecule has 0 aromatic carbocycles. The number of amidine groups is 1. The van der Waals surface area contributed by atoms with Crippen molar-refractivity contribution in [3.63, 3.8) is 0 Å². The van der Waals surface area contributed by atoms with Crippen LogP contribution in [0.5, 0.6) is 0 Å². The second-order valence-corrected chi connectivity index (χ2v) is 4.65. The lowest BCUT2D eigenvalue weighted by Gasteiger charge is -2.26. The average Bonchev–Trinajstić information content (AvgIpc) is 2.38. The van der Waals surface area contributed by atoms with Gasteiger partial charge in [-0.25, -0.2) is 4.98 Å². The summed E-state index contributed by atoms with van der Waals surface area (Å²) >= 11 is 7.40. The van der Waals surface area contributed by atoms with Gasteiger partial charge in [0.05, 0.1) is 5.56 Å². The first-order chi connectivity index (χ1) is 8.24. The van der Waals surface area contributed by atoms with Gasteiger partial charge in [-0.1, -0.05) is 23.4 Å². The van der Waals surface area contributed by atoms with Crippen molar-refractivity contribution in [2.45, 2.75) is 6.42 Å². The van der Waals surface area contributed by atoms with Crippen LogP contribution in [0.15, 0.2) is 23.3 Å². The van der Waals surface area contributed by atoms with E-state index in [0.29, 0.717) is 12.1 Å². The third kappa shape index (κ3) is 2.61. The molecule has 1 aliphatic rings. The third-order valence-electron chi connectivity index (χ3n) is 2.44. The van der Waals surface area contributed by atoms with Gasteiger partial charge in [-0.2, -0.15) is 0 Å². The molecule has 17 heavy (non-hydrogen) atoms. The molecular weight excluding hydrogens is 258 g/mol. The van der Waals surface area contributed by atoms with Crippen molar-refractivity contribution in [1.82, 2.24) is 9.88 Å². The number of amides is 1. The van der Waals surface area contributed by atoms with Gasteiger partial charge in [0.1, 0.15) is 5.15 Å². The number of carbonyl (C=O) groups excluding carboxylic acids is 1. The van der Waals surface area contributed by atoms with E-state index in [1.165, 1.54) is 11.8 Å². The monoisotopic (exact) mass is 269 g/mol. The maximum atomic E-state index is 12.3. The average molecular weight is 270 g/mol. The normalized spacial score (nSPS) is 15.6. The van der Waals surface area contributed by atoms with Crippen LogP contribution in [0.1, 0.15) is 16.8 Å². The van der Waals surface area contributed by atoms with Crippen molar-refractivity contribution < 1.29 is 4.79 Å². The Bertz CT molecular complexity index is 464. The highest BCUT2D eigenvalue weighted by Gasteiger charge is 2.24. The summed E-state index contributed by atoms with van der Waals surface area (Å²) in [6.45, 7) is 1.46. The summed E-state index contributed by atoms with van der Waals surface area (Å²) in [7, 11) is 0. The van der Waals surface area contributed by atoms with Crippen LogP contribution in [0.3, 0.4) is 0 Å². The molecule has 4 nitrogen and oxygen atoms in total. The molecule has 0 spiro atoms. The number of nitrogens with zero attached hydrogens (tertiary/aromatic N) is 3. The van der Waals surface area contributed by atoms with Gasteiger partial charge in [-0.05, 0) is 24.8 Å². The Morgan fingerprint density at radius 3 is 3.12 bits per heavy atom. The standard InChI is InChI=1S/C11H12ClN3OS/c1-17-11-14-6-3-7-15(11)10(16)8-4-2-5-13-9(8)12/h2,4-5H,3,6-7H2,1H3. The highest BCUT2D eigenvalue weighted by atomic mass is 35.5. The summed E-state index contributed by atoms with van der Waals surface area (Å²) in [5.74, 6) is -0.129. The van der Waals surface area contributed by atoms with Crippen LogP contribution in [0, 0.1) is 0 Å². The van der Waals surface area contributed by atoms with Gasteiger partial charge < -0.3 is 0 Å². The lowest BCUT2D eigenvalue weighted by atomic mass is 10.2. The molecule has 0 atom stereocenters. The molecule has 1 aliphatic heterocycles. The predicted molar refractivity (Wildman–Crippen MR) is 70.7 cm³/mol. The van der Waals surface area contributed by atoms with E-state index in [9.17, 15) is 4.79 Å². The lowest BCUT2D eigenvalue weighted by Crippen LogP contribution is -2.39. The Morgan fingerprint density at radius 1 is 1.59 bits per heavy atom. The number of hydrogen-bond donors (Lipinski definition) is 0. The zero-order chi connectivity index (χ0) is 12.3. The molecule has 0 fully saturated rings. The molecule has 6 heteroatoms. The summed E-state index contributed by atoms with van der Waals surface area (Å²) in [5, 5.41) is 0.990. The lowest BCUT2D eigenvalue weighted by molar-refractivity contribution is 0.0845. The van der Waals surface area contributed by atoms with Gasteiger partial charge >= 0.3 is 0 Å². The van der Waals surface area contributed by atoms with E-state index >= 15 is 0 Å². The third-order valence-corrected chi connectivity index (χ3v) is 3.45.